The summed E-state index contributed by atoms with van der Waals surface area (Å²) in [5.41, 5.74) is 2.11. The molecule has 5 nitrogen and oxygen atoms in total. The molecule has 0 atom stereocenters. The largest absolute Gasteiger partial charge is 0.493 e. The van der Waals surface area contributed by atoms with Gasteiger partial charge in [-0.1, -0.05) is 48.6 Å². The van der Waals surface area contributed by atoms with Crippen molar-refractivity contribution < 1.29 is 14.3 Å². The Balaban J connectivity index is 1.47. The van der Waals surface area contributed by atoms with E-state index in [0.717, 1.165) is 38.3 Å². The fourth-order valence-electron chi connectivity index (χ4n) is 3.28. The molecule has 1 saturated heterocycles. The van der Waals surface area contributed by atoms with E-state index in [9.17, 15) is 4.79 Å². The number of carbonyl (C=O) groups is 1. The number of ether oxygens (including phenoxy) is 2. The Morgan fingerprint density at radius 2 is 1.62 bits per heavy atom. The van der Waals surface area contributed by atoms with Gasteiger partial charge in [-0.15, -0.1) is 0 Å². The smallest absolute Gasteiger partial charge is 0.246 e. The molecule has 0 saturated carbocycles. The first-order chi connectivity index (χ1) is 14.2. The van der Waals surface area contributed by atoms with Crippen LogP contribution in [0.3, 0.4) is 0 Å². The number of amides is 1. The van der Waals surface area contributed by atoms with Crippen LogP contribution in [0.15, 0.2) is 60.7 Å². The molecular formula is C24H28N2O3. The Labute approximate surface area is 172 Å². The molecule has 152 valence electrons. The summed E-state index contributed by atoms with van der Waals surface area (Å²) in [4.78, 5) is 16.8. The lowest BCUT2D eigenvalue weighted by Gasteiger charge is -2.33. The van der Waals surface area contributed by atoms with Crippen LogP contribution < -0.4 is 9.47 Å². The zero-order valence-electron chi connectivity index (χ0n) is 17.1. The monoisotopic (exact) mass is 392 g/mol. The van der Waals surface area contributed by atoms with Crippen LogP contribution in [0.5, 0.6) is 11.5 Å². The lowest BCUT2D eigenvalue weighted by molar-refractivity contribution is -0.127. The van der Waals surface area contributed by atoms with Crippen LogP contribution in [0.1, 0.15) is 11.1 Å². The van der Waals surface area contributed by atoms with E-state index in [-0.39, 0.29) is 5.91 Å². The van der Waals surface area contributed by atoms with Gasteiger partial charge in [-0.25, -0.2) is 0 Å². The van der Waals surface area contributed by atoms with E-state index in [2.05, 4.69) is 29.2 Å². The molecule has 1 fully saturated rings. The third-order valence-corrected chi connectivity index (χ3v) is 4.98. The van der Waals surface area contributed by atoms with E-state index in [1.165, 1.54) is 5.56 Å². The first-order valence-electron chi connectivity index (χ1n) is 9.82. The minimum absolute atomic E-state index is 0.0410. The summed E-state index contributed by atoms with van der Waals surface area (Å²) < 4.78 is 10.5. The average Bonchev–Trinajstić information content (AvgIpc) is 2.78. The highest BCUT2D eigenvalue weighted by molar-refractivity contribution is 5.92. The number of piperazine rings is 1. The molecule has 0 N–H and O–H groups in total. The highest BCUT2D eigenvalue weighted by Crippen LogP contribution is 2.28. The summed E-state index contributed by atoms with van der Waals surface area (Å²) in [6.07, 6.45) is 7.78. The lowest BCUT2D eigenvalue weighted by atomic mass is 10.2. The van der Waals surface area contributed by atoms with Crippen LogP contribution in [0, 0.1) is 0 Å². The Bertz CT molecular complexity index is 854. The number of nitrogens with zero attached hydrogens (tertiary/aromatic N) is 2. The highest BCUT2D eigenvalue weighted by Gasteiger charge is 2.18. The van der Waals surface area contributed by atoms with Crippen molar-refractivity contribution in [3.8, 4) is 11.5 Å². The first kappa shape index (κ1) is 20.7. The molecule has 3 rings (SSSR count). The third kappa shape index (κ3) is 5.96. The van der Waals surface area contributed by atoms with Gasteiger partial charge in [0, 0.05) is 38.8 Å². The second-order valence-corrected chi connectivity index (χ2v) is 6.89. The van der Waals surface area contributed by atoms with Gasteiger partial charge in [0.25, 0.3) is 0 Å². The maximum Gasteiger partial charge on any atom is 0.246 e. The van der Waals surface area contributed by atoms with Crippen LogP contribution >= 0.6 is 0 Å². The summed E-state index contributed by atoms with van der Waals surface area (Å²) in [5, 5.41) is 0. The van der Waals surface area contributed by atoms with Gasteiger partial charge in [0.2, 0.25) is 5.91 Å². The fourth-order valence-corrected chi connectivity index (χ4v) is 3.28. The Kier molecular flexibility index (Phi) is 7.47. The molecule has 5 heteroatoms. The number of hydrogen-bond acceptors (Lipinski definition) is 4. The molecular weight excluding hydrogens is 364 g/mol. The van der Waals surface area contributed by atoms with Gasteiger partial charge in [0.05, 0.1) is 14.2 Å². The van der Waals surface area contributed by atoms with E-state index >= 15 is 0 Å². The van der Waals surface area contributed by atoms with Crippen LogP contribution in [-0.2, 0) is 4.79 Å². The molecule has 2 aromatic rings. The van der Waals surface area contributed by atoms with E-state index in [0.29, 0.717) is 11.5 Å². The minimum Gasteiger partial charge on any atom is -0.493 e. The normalized spacial score (nSPS) is 15.2. The summed E-state index contributed by atoms with van der Waals surface area (Å²) in [6.45, 7) is 4.16. The van der Waals surface area contributed by atoms with Crippen LogP contribution in [0.4, 0.5) is 0 Å². The van der Waals surface area contributed by atoms with Crippen molar-refractivity contribution in [3.63, 3.8) is 0 Å². The molecule has 1 heterocycles. The Hall–Kier alpha value is -3.05. The summed E-state index contributed by atoms with van der Waals surface area (Å²) >= 11 is 0. The molecule has 0 spiro atoms. The van der Waals surface area contributed by atoms with Gasteiger partial charge >= 0.3 is 0 Å². The number of methoxy groups -OCH3 is 2. The van der Waals surface area contributed by atoms with Gasteiger partial charge in [-0.3, -0.25) is 9.69 Å². The number of benzene rings is 2. The molecule has 1 aliphatic heterocycles. The zero-order chi connectivity index (χ0) is 20.5. The van der Waals surface area contributed by atoms with Crippen molar-refractivity contribution in [2.24, 2.45) is 0 Å². The molecule has 2 aromatic carbocycles. The topological polar surface area (TPSA) is 42.0 Å². The second kappa shape index (κ2) is 10.5. The maximum absolute atomic E-state index is 12.5. The summed E-state index contributed by atoms with van der Waals surface area (Å²) in [7, 11) is 3.21. The van der Waals surface area contributed by atoms with E-state index in [1.54, 1.807) is 20.3 Å². The highest BCUT2D eigenvalue weighted by atomic mass is 16.5. The van der Waals surface area contributed by atoms with Crippen molar-refractivity contribution in [1.29, 1.82) is 0 Å². The molecule has 1 aliphatic rings. The Morgan fingerprint density at radius 3 is 2.31 bits per heavy atom. The number of carbonyl (C=O) groups excluding carboxylic acids is 1. The third-order valence-electron chi connectivity index (χ3n) is 4.98. The van der Waals surface area contributed by atoms with Crippen LogP contribution in [0.2, 0.25) is 0 Å². The lowest BCUT2D eigenvalue weighted by Crippen LogP contribution is -2.48. The van der Waals surface area contributed by atoms with Crippen molar-refractivity contribution in [2.75, 3.05) is 46.9 Å². The van der Waals surface area contributed by atoms with Gasteiger partial charge in [-0.05, 0) is 29.3 Å². The van der Waals surface area contributed by atoms with Crippen LogP contribution in [0.25, 0.3) is 12.2 Å². The molecule has 0 radical (unpaired) electrons. The Morgan fingerprint density at radius 1 is 0.897 bits per heavy atom. The maximum atomic E-state index is 12.5. The summed E-state index contributed by atoms with van der Waals surface area (Å²) in [5.74, 6) is 1.37. The van der Waals surface area contributed by atoms with Gasteiger partial charge in [-0.2, -0.15) is 0 Å². The summed E-state index contributed by atoms with van der Waals surface area (Å²) in [6, 6.07) is 15.9. The minimum atomic E-state index is 0.0410. The fraction of sp³-hybridized carbons (Fsp3) is 0.292. The second-order valence-electron chi connectivity index (χ2n) is 6.89. The van der Waals surface area contributed by atoms with Crippen molar-refractivity contribution >= 4 is 18.1 Å². The van der Waals surface area contributed by atoms with Crippen molar-refractivity contribution in [2.45, 2.75) is 0 Å². The van der Waals surface area contributed by atoms with Crippen molar-refractivity contribution in [3.05, 3.63) is 71.8 Å². The predicted octanol–water partition coefficient (Wildman–Crippen LogP) is 3.57. The zero-order valence-corrected chi connectivity index (χ0v) is 17.1. The van der Waals surface area contributed by atoms with E-state index in [1.807, 2.05) is 47.4 Å². The predicted molar refractivity (Wildman–Crippen MR) is 117 cm³/mol. The molecule has 0 aromatic heterocycles. The first-order valence-corrected chi connectivity index (χ1v) is 9.82. The standard InChI is InChI=1S/C24H28N2O3/c1-28-22-12-10-21(19-23(22)29-2)11-13-24(27)26-17-15-25(16-18-26)14-6-9-20-7-4-3-5-8-20/h3-13,19H,14-18H2,1-2H3. The average molecular weight is 392 g/mol. The number of hydrogen-bond donors (Lipinski definition) is 0. The van der Waals surface area contributed by atoms with Gasteiger partial charge in [0.15, 0.2) is 11.5 Å². The SMILES string of the molecule is COc1ccc(C=CC(=O)N2CCN(CC=Cc3ccccc3)CC2)cc1OC. The van der Waals surface area contributed by atoms with Crippen molar-refractivity contribution in [1.82, 2.24) is 9.80 Å². The van der Waals surface area contributed by atoms with E-state index in [4.69, 9.17) is 9.47 Å². The quantitative estimate of drug-likeness (QED) is 0.676. The van der Waals surface area contributed by atoms with Gasteiger partial charge < -0.3 is 14.4 Å². The van der Waals surface area contributed by atoms with E-state index < -0.39 is 0 Å². The number of rotatable bonds is 7. The molecule has 1 amide bonds. The molecule has 0 bridgehead atoms. The van der Waals surface area contributed by atoms with Gasteiger partial charge in [0.1, 0.15) is 0 Å². The van der Waals surface area contributed by atoms with Crippen LogP contribution in [-0.4, -0.2) is 62.7 Å². The molecule has 0 aliphatic carbocycles. The molecule has 0 unspecified atom stereocenters. The molecule has 29 heavy (non-hydrogen) atoms.